The summed E-state index contributed by atoms with van der Waals surface area (Å²) in [6.45, 7) is 6.90. The van der Waals surface area contributed by atoms with Crippen molar-refractivity contribution in [3.8, 4) is 11.4 Å². The third-order valence-electron chi connectivity index (χ3n) is 7.07. The smallest absolute Gasteiger partial charge is 0.323 e. The van der Waals surface area contributed by atoms with Crippen LogP contribution in [0.2, 0.25) is 5.02 Å². The maximum absolute atomic E-state index is 13.9. The van der Waals surface area contributed by atoms with E-state index in [1.807, 2.05) is 6.92 Å². The van der Waals surface area contributed by atoms with Crippen LogP contribution in [-0.2, 0) is 19.3 Å². The van der Waals surface area contributed by atoms with Crippen molar-refractivity contribution in [1.29, 1.82) is 0 Å². The van der Waals surface area contributed by atoms with Gasteiger partial charge in [-0.1, -0.05) is 18.2 Å². The number of aliphatic hydroxyl groups is 1. The van der Waals surface area contributed by atoms with E-state index in [0.717, 1.165) is 0 Å². The molecule has 1 saturated heterocycles. The number of nitrogens with one attached hydrogen (secondary N) is 2. The third kappa shape index (κ3) is 5.55. The summed E-state index contributed by atoms with van der Waals surface area (Å²) in [5.41, 5.74) is 1.79. The average Bonchev–Trinajstić information content (AvgIpc) is 3.77. The lowest BCUT2D eigenvalue weighted by Crippen LogP contribution is -2.44. The van der Waals surface area contributed by atoms with E-state index in [0.29, 0.717) is 66.2 Å². The Hall–Kier alpha value is -3.51. The number of carbonyl (C=O) groups is 1. The van der Waals surface area contributed by atoms with Crippen molar-refractivity contribution >= 4 is 39.0 Å². The van der Waals surface area contributed by atoms with E-state index in [2.05, 4.69) is 22.1 Å². The predicted molar refractivity (Wildman–Crippen MR) is 153 cm³/mol. The molecule has 2 heterocycles. The molecule has 2 amide bonds. The maximum atomic E-state index is 13.9. The Balaban J connectivity index is 1.52. The van der Waals surface area contributed by atoms with Gasteiger partial charge in [0.05, 0.1) is 36.5 Å². The number of ether oxygens (including phenoxy) is 1. The summed E-state index contributed by atoms with van der Waals surface area (Å²) in [5.74, 6) is 1.02. The number of anilines is 2. The maximum Gasteiger partial charge on any atom is 0.323 e. The van der Waals surface area contributed by atoms with Crippen LogP contribution < -0.4 is 15.5 Å². The van der Waals surface area contributed by atoms with Gasteiger partial charge in [0.2, 0.25) is 0 Å². The molecule has 1 aliphatic carbocycles. The van der Waals surface area contributed by atoms with Crippen LogP contribution in [0.4, 0.5) is 16.3 Å². The fraction of sp³-hybridized carbons (Fsp3) is 0.321. The molecule has 0 spiro atoms. The van der Waals surface area contributed by atoms with E-state index in [-0.39, 0.29) is 23.2 Å². The molecule has 1 atom stereocenters. The fourth-order valence-corrected chi connectivity index (χ4v) is 6.78. The zero-order valence-corrected chi connectivity index (χ0v) is 23.5. The summed E-state index contributed by atoms with van der Waals surface area (Å²) in [6.07, 6.45) is 0.896. The van der Waals surface area contributed by atoms with Crippen LogP contribution in [0.1, 0.15) is 25.5 Å². The summed E-state index contributed by atoms with van der Waals surface area (Å²) in [7, 11) is -3.76. The normalized spacial score (nSPS) is 18.2. The summed E-state index contributed by atoms with van der Waals surface area (Å²) >= 11 is 6.01. The van der Waals surface area contributed by atoms with Crippen LogP contribution in [0.5, 0.6) is 0 Å². The lowest BCUT2D eigenvalue weighted by Gasteiger charge is -2.34. The molecular weight excluding hydrogens is 554 g/mol. The van der Waals surface area contributed by atoms with Gasteiger partial charge in [0.25, 0.3) is 0 Å². The number of urea groups is 1. The number of sulfone groups is 1. The number of aliphatic hydroxyl groups excluding tert-OH is 1. The van der Waals surface area contributed by atoms with Crippen LogP contribution in [0.25, 0.3) is 11.4 Å². The van der Waals surface area contributed by atoms with Crippen molar-refractivity contribution in [1.82, 2.24) is 15.3 Å². The minimum absolute atomic E-state index is 0.0473. The van der Waals surface area contributed by atoms with Crippen LogP contribution in [-0.4, -0.2) is 61.9 Å². The lowest BCUT2D eigenvalue weighted by atomic mass is 10.1. The number of halogens is 1. The zero-order chi connectivity index (χ0) is 28.5. The number of amides is 2. The highest BCUT2D eigenvalue weighted by molar-refractivity contribution is 7.92. The highest BCUT2D eigenvalue weighted by Gasteiger charge is 2.58. The first kappa shape index (κ1) is 28.0. The van der Waals surface area contributed by atoms with Crippen molar-refractivity contribution in [3.05, 3.63) is 77.6 Å². The van der Waals surface area contributed by atoms with Crippen molar-refractivity contribution in [3.63, 3.8) is 0 Å². The minimum Gasteiger partial charge on any atom is -0.390 e. The van der Waals surface area contributed by atoms with Gasteiger partial charge in [-0.3, -0.25) is 0 Å². The molecule has 3 aromatic rings. The van der Waals surface area contributed by atoms with Crippen molar-refractivity contribution in [2.45, 2.75) is 35.4 Å². The second kappa shape index (κ2) is 11.2. The molecule has 2 aromatic carbocycles. The van der Waals surface area contributed by atoms with Gasteiger partial charge < -0.3 is 25.4 Å². The molecule has 0 radical (unpaired) electrons. The SMILES string of the molecule is C=C(CO)NC(=O)Nc1ccc(-c2nc(N3CCOC[C@@H]3C)cc(C3(S(=O)(=O)c4ccc(Cl)cc4)CC3)n2)cc1. The second-order valence-corrected chi connectivity index (χ2v) is 12.6. The quantitative estimate of drug-likeness (QED) is 0.361. The monoisotopic (exact) mass is 583 g/mol. The second-order valence-electron chi connectivity index (χ2n) is 9.92. The molecule has 3 N–H and O–H groups in total. The van der Waals surface area contributed by atoms with Crippen LogP contribution in [0, 0.1) is 0 Å². The molecule has 1 aliphatic heterocycles. The first-order valence-electron chi connectivity index (χ1n) is 12.8. The molecular formula is C28H30ClN5O5S. The molecule has 1 saturated carbocycles. The standard InChI is InChI=1S/C28H30ClN5O5S/c1-18(16-35)30-27(36)31-22-7-3-20(4-8-22)26-32-24(15-25(33-26)34-13-14-39-17-19(34)2)28(11-12-28)40(37,38)23-9-5-21(29)6-10-23/h3-10,15,19,35H,1,11-14,16-17H2,2H3,(H2,30,31,36)/t19-/m0/s1. The minimum atomic E-state index is -3.76. The molecule has 5 rings (SSSR count). The van der Waals surface area contributed by atoms with E-state index in [1.54, 1.807) is 42.5 Å². The Morgan fingerprint density at radius 2 is 1.88 bits per heavy atom. The van der Waals surface area contributed by atoms with E-state index in [9.17, 15) is 13.2 Å². The molecule has 210 valence electrons. The number of carbonyl (C=O) groups excluding carboxylic acids is 1. The molecule has 2 aliphatic rings. The third-order valence-corrected chi connectivity index (χ3v) is 9.86. The molecule has 0 bridgehead atoms. The number of benzene rings is 2. The average molecular weight is 584 g/mol. The summed E-state index contributed by atoms with van der Waals surface area (Å²) in [5, 5.41) is 14.6. The van der Waals surface area contributed by atoms with Crippen molar-refractivity contribution < 1.29 is 23.1 Å². The first-order valence-corrected chi connectivity index (χ1v) is 14.7. The Labute approximate surface area is 238 Å². The van der Waals surface area contributed by atoms with Gasteiger partial charge in [-0.05, 0) is 68.3 Å². The number of morpholine rings is 1. The van der Waals surface area contributed by atoms with Gasteiger partial charge >= 0.3 is 6.03 Å². The summed E-state index contributed by atoms with van der Waals surface area (Å²) in [6, 6.07) is 14.4. The Bertz CT molecular complexity index is 1530. The van der Waals surface area contributed by atoms with E-state index in [4.69, 9.17) is 31.4 Å². The number of nitrogens with zero attached hydrogens (tertiary/aromatic N) is 3. The molecule has 2 fully saturated rings. The van der Waals surface area contributed by atoms with Crippen molar-refractivity contribution in [2.75, 3.05) is 36.6 Å². The molecule has 10 nitrogen and oxygen atoms in total. The van der Waals surface area contributed by atoms with E-state index < -0.39 is 20.6 Å². The van der Waals surface area contributed by atoms with E-state index >= 15 is 0 Å². The van der Waals surface area contributed by atoms with Gasteiger partial charge in [0.15, 0.2) is 15.7 Å². The van der Waals surface area contributed by atoms with Gasteiger partial charge in [-0.2, -0.15) is 0 Å². The highest BCUT2D eigenvalue weighted by Crippen LogP contribution is 2.55. The Morgan fingerprint density at radius 3 is 2.50 bits per heavy atom. The Kier molecular flexibility index (Phi) is 7.83. The van der Waals surface area contributed by atoms with Crippen LogP contribution in [0.15, 0.2) is 71.8 Å². The van der Waals surface area contributed by atoms with E-state index in [1.165, 1.54) is 12.1 Å². The molecule has 0 unspecified atom stereocenters. The number of hydrogen-bond acceptors (Lipinski definition) is 8. The van der Waals surface area contributed by atoms with Gasteiger partial charge in [0.1, 0.15) is 10.6 Å². The van der Waals surface area contributed by atoms with Gasteiger partial charge in [-0.15, -0.1) is 0 Å². The van der Waals surface area contributed by atoms with Crippen LogP contribution >= 0.6 is 11.6 Å². The largest absolute Gasteiger partial charge is 0.390 e. The summed E-state index contributed by atoms with van der Waals surface area (Å²) < 4.78 is 32.2. The zero-order valence-electron chi connectivity index (χ0n) is 21.9. The topological polar surface area (TPSA) is 134 Å². The Morgan fingerprint density at radius 1 is 1.18 bits per heavy atom. The van der Waals surface area contributed by atoms with Gasteiger partial charge in [-0.25, -0.2) is 23.2 Å². The van der Waals surface area contributed by atoms with Crippen molar-refractivity contribution in [2.24, 2.45) is 0 Å². The summed E-state index contributed by atoms with van der Waals surface area (Å²) in [4.78, 5) is 24.0. The lowest BCUT2D eigenvalue weighted by molar-refractivity contribution is 0.0985. The molecule has 12 heteroatoms. The fourth-order valence-electron chi connectivity index (χ4n) is 4.69. The molecule has 40 heavy (non-hydrogen) atoms. The predicted octanol–water partition coefficient (Wildman–Crippen LogP) is 4.11. The number of hydrogen-bond donors (Lipinski definition) is 3. The van der Waals surface area contributed by atoms with Crippen LogP contribution in [0.3, 0.4) is 0 Å². The van der Waals surface area contributed by atoms with Gasteiger partial charge in [0, 0.05) is 34.6 Å². The molecule has 1 aromatic heterocycles. The number of rotatable bonds is 8. The first-order chi connectivity index (χ1) is 19.1. The highest BCUT2D eigenvalue weighted by atomic mass is 35.5. The number of aromatic nitrogens is 2.